The van der Waals surface area contributed by atoms with Crippen molar-refractivity contribution in [2.45, 2.75) is 45.4 Å². The fourth-order valence-electron chi connectivity index (χ4n) is 9.02. The molecule has 0 saturated heterocycles. The van der Waals surface area contributed by atoms with Crippen LogP contribution in [-0.4, -0.2) is 0 Å². The number of hydrogen-bond donors (Lipinski definition) is 0. The number of anilines is 3. The molecule has 0 fully saturated rings. The van der Waals surface area contributed by atoms with Crippen molar-refractivity contribution in [3.63, 3.8) is 0 Å². The maximum atomic E-state index is 6.39. The van der Waals surface area contributed by atoms with Gasteiger partial charge in [-0.3, -0.25) is 0 Å². The van der Waals surface area contributed by atoms with E-state index in [-0.39, 0.29) is 10.8 Å². The van der Waals surface area contributed by atoms with Gasteiger partial charge < -0.3 is 9.32 Å². The Morgan fingerprint density at radius 3 is 1.81 bits per heavy atom. The standard InChI is InChI=1S/C55H45NO/c1-54(2,3)50-34-40(38-22-24-39(25-23-38)43-18-13-19-47-46-17-10-12-21-52(46)57-53(43)47)28-33-51(50)56(41-29-26-37(27-30-41)36-14-7-6-8-15-36)42-31-32-45-44-16-9-11-20-48(44)55(4,5)49(45)35-42/h6-35H,1-5H3. The summed E-state index contributed by atoms with van der Waals surface area (Å²) < 4.78 is 6.39. The predicted octanol–water partition coefficient (Wildman–Crippen LogP) is 15.7. The summed E-state index contributed by atoms with van der Waals surface area (Å²) in [6.07, 6.45) is 0. The highest BCUT2D eigenvalue weighted by Crippen LogP contribution is 2.51. The van der Waals surface area contributed by atoms with Gasteiger partial charge in [0, 0.05) is 38.8 Å². The molecule has 0 unspecified atom stereocenters. The highest BCUT2D eigenvalue weighted by atomic mass is 16.3. The summed E-state index contributed by atoms with van der Waals surface area (Å²) >= 11 is 0. The molecule has 2 heteroatoms. The minimum absolute atomic E-state index is 0.108. The van der Waals surface area contributed by atoms with Crippen LogP contribution in [0.1, 0.15) is 51.3 Å². The van der Waals surface area contributed by atoms with Crippen LogP contribution >= 0.6 is 0 Å². The number of benzene rings is 8. The largest absolute Gasteiger partial charge is 0.455 e. The lowest BCUT2D eigenvalue weighted by Gasteiger charge is -2.33. The third kappa shape index (κ3) is 5.87. The van der Waals surface area contributed by atoms with Crippen molar-refractivity contribution in [1.82, 2.24) is 0 Å². The maximum Gasteiger partial charge on any atom is 0.143 e. The number of hydrogen-bond acceptors (Lipinski definition) is 2. The fraction of sp³-hybridized carbons (Fsp3) is 0.127. The first kappa shape index (κ1) is 34.8. The predicted molar refractivity (Wildman–Crippen MR) is 241 cm³/mol. The summed E-state index contributed by atoms with van der Waals surface area (Å²) in [5.41, 5.74) is 18.8. The van der Waals surface area contributed by atoms with Gasteiger partial charge in [-0.15, -0.1) is 0 Å². The molecule has 0 bridgehead atoms. The van der Waals surface area contributed by atoms with Gasteiger partial charge in [0.05, 0.1) is 0 Å². The topological polar surface area (TPSA) is 16.4 Å². The van der Waals surface area contributed by atoms with E-state index >= 15 is 0 Å². The first-order valence-electron chi connectivity index (χ1n) is 20.0. The van der Waals surface area contributed by atoms with Crippen molar-refractivity contribution < 1.29 is 4.42 Å². The van der Waals surface area contributed by atoms with E-state index in [4.69, 9.17) is 4.42 Å². The van der Waals surface area contributed by atoms with E-state index in [1.165, 1.54) is 55.8 Å². The first-order chi connectivity index (χ1) is 27.6. The van der Waals surface area contributed by atoms with Crippen LogP contribution in [0.3, 0.4) is 0 Å². The highest BCUT2D eigenvalue weighted by molar-refractivity contribution is 6.09. The van der Waals surface area contributed by atoms with Crippen molar-refractivity contribution in [3.05, 3.63) is 199 Å². The minimum atomic E-state index is -0.142. The molecule has 8 aromatic carbocycles. The molecule has 1 aliphatic rings. The Hall–Kier alpha value is -6.64. The van der Waals surface area contributed by atoms with Crippen molar-refractivity contribution in [2.75, 3.05) is 4.90 Å². The fourth-order valence-corrected chi connectivity index (χ4v) is 9.02. The molecule has 9 aromatic rings. The summed E-state index contributed by atoms with van der Waals surface area (Å²) in [4.78, 5) is 2.47. The van der Waals surface area contributed by atoms with Gasteiger partial charge in [0.15, 0.2) is 0 Å². The second kappa shape index (κ2) is 13.2. The van der Waals surface area contributed by atoms with Crippen molar-refractivity contribution in [3.8, 4) is 44.5 Å². The Bertz CT molecular complexity index is 2940. The van der Waals surface area contributed by atoms with E-state index in [9.17, 15) is 0 Å². The van der Waals surface area contributed by atoms with E-state index in [0.717, 1.165) is 44.4 Å². The average Bonchev–Trinajstić information content (AvgIpc) is 3.73. The van der Waals surface area contributed by atoms with Gasteiger partial charge in [0.2, 0.25) is 0 Å². The van der Waals surface area contributed by atoms with Crippen LogP contribution in [0.25, 0.3) is 66.4 Å². The Labute approximate surface area is 335 Å². The minimum Gasteiger partial charge on any atom is -0.455 e. The molecule has 0 N–H and O–H groups in total. The lowest BCUT2D eigenvalue weighted by molar-refractivity contribution is 0.591. The summed E-state index contributed by atoms with van der Waals surface area (Å²) in [6.45, 7) is 11.7. The summed E-state index contributed by atoms with van der Waals surface area (Å²) in [5.74, 6) is 0. The van der Waals surface area contributed by atoms with Crippen LogP contribution in [0.2, 0.25) is 0 Å². The van der Waals surface area contributed by atoms with Crippen LogP contribution in [0.4, 0.5) is 17.1 Å². The summed E-state index contributed by atoms with van der Waals surface area (Å²) in [5, 5.41) is 2.30. The van der Waals surface area contributed by atoms with Gasteiger partial charge in [-0.25, -0.2) is 0 Å². The Morgan fingerprint density at radius 2 is 1.02 bits per heavy atom. The van der Waals surface area contributed by atoms with Crippen molar-refractivity contribution in [2.24, 2.45) is 0 Å². The number of para-hydroxylation sites is 2. The van der Waals surface area contributed by atoms with Gasteiger partial charge >= 0.3 is 0 Å². The lowest BCUT2D eigenvalue weighted by Crippen LogP contribution is -2.20. The molecule has 1 aromatic heterocycles. The van der Waals surface area contributed by atoms with E-state index in [1.54, 1.807) is 0 Å². The molecule has 0 amide bonds. The quantitative estimate of drug-likeness (QED) is 0.169. The number of furan rings is 1. The Kier molecular flexibility index (Phi) is 8.09. The summed E-state index contributed by atoms with van der Waals surface area (Å²) in [6, 6.07) is 66.3. The maximum absolute atomic E-state index is 6.39. The van der Waals surface area contributed by atoms with Crippen LogP contribution in [-0.2, 0) is 10.8 Å². The van der Waals surface area contributed by atoms with E-state index in [1.807, 2.05) is 12.1 Å². The number of nitrogens with zero attached hydrogens (tertiary/aromatic N) is 1. The molecule has 0 atom stereocenters. The zero-order valence-electron chi connectivity index (χ0n) is 33.2. The number of fused-ring (bicyclic) bond motifs is 6. The van der Waals surface area contributed by atoms with Gasteiger partial charge in [0.1, 0.15) is 11.2 Å². The van der Waals surface area contributed by atoms with Crippen LogP contribution in [0.15, 0.2) is 186 Å². The van der Waals surface area contributed by atoms with Crippen LogP contribution < -0.4 is 4.90 Å². The monoisotopic (exact) mass is 735 g/mol. The van der Waals surface area contributed by atoms with E-state index in [2.05, 4.69) is 209 Å². The van der Waals surface area contributed by atoms with Crippen LogP contribution in [0, 0.1) is 0 Å². The van der Waals surface area contributed by atoms with E-state index in [0.29, 0.717) is 0 Å². The van der Waals surface area contributed by atoms with E-state index < -0.39 is 0 Å². The molecule has 276 valence electrons. The molecular formula is C55H45NO. The van der Waals surface area contributed by atoms with Gasteiger partial charge in [-0.2, -0.15) is 0 Å². The molecule has 10 rings (SSSR count). The summed E-state index contributed by atoms with van der Waals surface area (Å²) in [7, 11) is 0. The molecule has 2 nitrogen and oxygen atoms in total. The Morgan fingerprint density at radius 1 is 0.439 bits per heavy atom. The molecule has 1 heterocycles. The number of rotatable bonds is 6. The SMILES string of the molecule is CC(C)(C)c1cc(-c2ccc(-c3cccc4c3oc3ccccc34)cc2)ccc1N(c1ccc(-c2ccccc2)cc1)c1ccc2c(c1)C(C)(C)c1ccccc1-2. The lowest BCUT2D eigenvalue weighted by atomic mass is 9.82. The van der Waals surface area contributed by atoms with Gasteiger partial charge in [0.25, 0.3) is 0 Å². The zero-order valence-corrected chi connectivity index (χ0v) is 33.2. The van der Waals surface area contributed by atoms with Crippen molar-refractivity contribution >= 4 is 39.0 Å². The van der Waals surface area contributed by atoms with Gasteiger partial charge in [-0.1, -0.05) is 174 Å². The molecule has 0 saturated carbocycles. The smallest absolute Gasteiger partial charge is 0.143 e. The Balaban J connectivity index is 1.08. The zero-order chi connectivity index (χ0) is 38.9. The second-order valence-corrected chi connectivity index (χ2v) is 17.0. The molecule has 1 aliphatic carbocycles. The normalized spacial score (nSPS) is 13.1. The third-order valence-corrected chi connectivity index (χ3v) is 12.0. The molecule has 0 radical (unpaired) electrons. The second-order valence-electron chi connectivity index (χ2n) is 17.0. The van der Waals surface area contributed by atoms with Crippen molar-refractivity contribution in [1.29, 1.82) is 0 Å². The molecule has 0 spiro atoms. The average molecular weight is 736 g/mol. The molecular weight excluding hydrogens is 691 g/mol. The highest BCUT2D eigenvalue weighted by Gasteiger charge is 2.36. The molecule has 0 aliphatic heterocycles. The third-order valence-electron chi connectivity index (χ3n) is 12.0. The van der Waals surface area contributed by atoms with Gasteiger partial charge in [-0.05, 0) is 104 Å². The first-order valence-corrected chi connectivity index (χ1v) is 20.0. The molecule has 57 heavy (non-hydrogen) atoms. The van der Waals surface area contributed by atoms with Crippen LogP contribution in [0.5, 0.6) is 0 Å².